The summed E-state index contributed by atoms with van der Waals surface area (Å²) < 4.78 is 24.3. The summed E-state index contributed by atoms with van der Waals surface area (Å²) in [7, 11) is -2.93. The lowest BCUT2D eigenvalue weighted by atomic mass is 10.0. The molecule has 2 fully saturated rings. The molecule has 2 aromatic rings. The minimum Gasteiger partial charge on any atom is -0.333 e. The largest absolute Gasteiger partial charge is 0.333 e. The van der Waals surface area contributed by atoms with E-state index in [-0.39, 0.29) is 29.4 Å². The van der Waals surface area contributed by atoms with Crippen molar-refractivity contribution in [2.45, 2.75) is 31.7 Å². The third-order valence-corrected chi connectivity index (χ3v) is 7.93. The minimum absolute atomic E-state index is 0.0147. The fourth-order valence-electron chi connectivity index (χ4n) is 3.75. The fraction of sp³-hybridized carbons (Fsp3) is 0.529. The molecular weight excluding hydrogens is 344 g/mol. The average molecular weight is 364 g/mol. The highest BCUT2D eigenvalue weighted by Crippen LogP contribution is 2.37. The number of aromatic nitrogens is 1. The molecule has 2 saturated heterocycles. The second kappa shape index (κ2) is 6.11. The molecule has 3 heterocycles. The van der Waals surface area contributed by atoms with E-state index in [1.807, 2.05) is 23.1 Å². The molecule has 0 N–H and O–H groups in total. The van der Waals surface area contributed by atoms with Crippen LogP contribution in [0.1, 0.15) is 36.7 Å². The number of likely N-dealkylation sites (tertiary alicyclic amines) is 1. The number of carbonyl (C=O) groups is 1. The summed E-state index contributed by atoms with van der Waals surface area (Å²) in [5.41, 5.74) is 0.985. The Labute approximate surface area is 145 Å². The number of thiazole rings is 1. The second-order valence-electron chi connectivity index (χ2n) is 6.74. The minimum atomic E-state index is -2.93. The molecule has 0 aliphatic carbocycles. The molecule has 7 heteroatoms. The molecule has 0 radical (unpaired) electrons. The molecule has 0 saturated carbocycles. The van der Waals surface area contributed by atoms with Gasteiger partial charge in [0.05, 0.1) is 27.8 Å². The summed E-state index contributed by atoms with van der Waals surface area (Å²) in [6, 6.07) is 8.08. The van der Waals surface area contributed by atoms with Crippen molar-refractivity contribution >= 4 is 37.3 Å². The van der Waals surface area contributed by atoms with Crippen LogP contribution in [0, 0.1) is 5.92 Å². The monoisotopic (exact) mass is 364 g/mol. The van der Waals surface area contributed by atoms with Crippen LogP contribution in [0.2, 0.25) is 0 Å². The molecule has 0 bridgehead atoms. The molecule has 2 aliphatic heterocycles. The molecule has 24 heavy (non-hydrogen) atoms. The van der Waals surface area contributed by atoms with E-state index in [0.717, 1.165) is 34.6 Å². The van der Waals surface area contributed by atoms with Crippen LogP contribution in [0.15, 0.2) is 24.3 Å². The van der Waals surface area contributed by atoms with Gasteiger partial charge in [0, 0.05) is 13.0 Å². The first kappa shape index (κ1) is 16.0. The van der Waals surface area contributed by atoms with Gasteiger partial charge in [-0.2, -0.15) is 0 Å². The fourth-order valence-corrected chi connectivity index (χ4v) is 6.73. The topological polar surface area (TPSA) is 67.3 Å². The second-order valence-corrected chi connectivity index (χ2v) is 10.0. The number of rotatable bonds is 3. The average Bonchev–Trinajstić information content (AvgIpc) is 3.24. The van der Waals surface area contributed by atoms with Gasteiger partial charge in [-0.25, -0.2) is 13.4 Å². The smallest absolute Gasteiger partial charge is 0.223 e. The van der Waals surface area contributed by atoms with Crippen LogP contribution in [0.3, 0.4) is 0 Å². The van der Waals surface area contributed by atoms with Gasteiger partial charge in [0.2, 0.25) is 5.91 Å². The Morgan fingerprint density at radius 2 is 2.12 bits per heavy atom. The van der Waals surface area contributed by atoms with Gasteiger partial charge in [0.25, 0.3) is 0 Å². The number of amides is 1. The first-order chi connectivity index (χ1) is 11.5. The molecule has 0 spiro atoms. The zero-order valence-electron chi connectivity index (χ0n) is 13.3. The van der Waals surface area contributed by atoms with Crippen molar-refractivity contribution in [2.24, 2.45) is 5.92 Å². The molecule has 1 aromatic carbocycles. The zero-order chi connectivity index (χ0) is 16.7. The summed E-state index contributed by atoms with van der Waals surface area (Å²) in [5, 5.41) is 1.00. The predicted molar refractivity (Wildman–Crippen MR) is 94.7 cm³/mol. The number of para-hydroxylation sites is 1. The van der Waals surface area contributed by atoms with Crippen molar-refractivity contribution in [3.05, 3.63) is 29.3 Å². The van der Waals surface area contributed by atoms with Crippen LogP contribution >= 0.6 is 11.3 Å². The van der Waals surface area contributed by atoms with Crippen molar-refractivity contribution in [3.8, 4) is 0 Å². The molecular formula is C17H20N2O3S2. The molecule has 4 rings (SSSR count). The number of benzene rings is 1. The van der Waals surface area contributed by atoms with E-state index in [4.69, 9.17) is 4.98 Å². The Morgan fingerprint density at radius 1 is 1.29 bits per heavy atom. The van der Waals surface area contributed by atoms with E-state index in [1.165, 1.54) is 0 Å². The van der Waals surface area contributed by atoms with E-state index in [9.17, 15) is 13.2 Å². The molecule has 1 amide bonds. The molecule has 2 atom stereocenters. The normalized spacial score (nSPS) is 26.2. The maximum atomic E-state index is 12.7. The van der Waals surface area contributed by atoms with Gasteiger partial charge < -0.3 is 4.90 Å². The maximum absolute atomic E-state index is 12.7. The quantitative estimate of drug-likeness (QED) is 0.840. The molecule has 1 aromatic heterocycles. The number of nitrogens with zero attached hydrogens (tertiary/aromatic N) is 2. The van der Waals surface area contributed by atoms with Gasteiger partial charge in [-0.05, 0) is 37.3 Å². The van der Waals surface area contributed by atoms with Crippen LogP contribution in [-0.4, -0.2) is 42.3 Å². The Bertz CT molecular complexity index is 842. The first-order valence-electron chi connectivity index (χ1n) is 8.37. The van der Waals surface area contributed by atoms with Crippen molar-refractivity contribution < 1.29 is 13.2 Å². The zero-order valence-corrected chi connectivity index (χ0v) is 15.0. The number of carbonyl (C=O) groups excluding carboxylic acids is 1. The van der Waals surface area contributed by atoms with E-state index in [0.29, 0.717) is 12.8 Å². The summed E-state index contributed by atoms with van der Waals surface area (Å²) >= 11 is 1.66. The van der Waals surface area contributed by atoms with Gasteiger partial charge in [-0.3, -0.25) is 4.79 Å². The van der Waals surface area contributed by atoms with Crippen molar-refractivity contribution in [2.75, 3.05) is 18.1 Å². The SMILES string of the molecule is O=C(CC1CCS(=O)(=O)C1)N1CCCC1c1nc2ccccc2s1. The Hall–Kier alpha value is -1.47. The first-order valence-corrected chi connectivity index (χ1v) is 11.0. The summed E-state index contributed by atoms with van der Waals surface area (Å²) in [6.45, 7) is 0.749. The van der Waals surface area contributed by atoms with Gasteiger partial charge in [0.1, 0.15) is 5.01 Å². The van der Waals surface area contributed by atoms with Crippen LogP contribution < -0.4 is 0 Å². The highest BCUT2D eigenvalue weighted by atomic mass is 32.2. The number of fused-ring (bicyclic) bond motifs is 1. The molecule has 5 nitrogen and oxygen atoms in total. The van der Waals surface area contributed by atoms with Crippen molar-refractivity contribution in [1.82, 2.24) is 9.88 Å². The van der Waals surface area contributed by atoms with Crippen molar-refractivity contribution in [3.63, 3.8) is 0 Å². The number of hydrogen-bond donors (Lipinski definition) is 0. The lowest BCUT2D eigenvalue weighted by molar-refractivity contribution is -0.133. The highest BCUT2D eigenvalue weighted by Gasteiger charge is 2.35. The van der Waals surface area contributed by atoms with Gasteiger partial charge >= 0.3 is 0 Å². The summed E-state index contributed by atoms with van der Waals surface area (Å²) in [6.07, 6.45) is 2.89. The van der Waals surface area contributed by atoms with Crippen LogP contribution in [0.5, 0.6) is 0 Å². The Balaban J connectivity index is 1.51. The predicted octanol–water partition coefficient (Wildman–Crippen LogP) is 2.78. The van der Waals surface area contributed by atoms with E-state index >= 15 is 0 Å². The summed E-state index contributed by atoms with van der Waals surface area (Å²) in [4.78, 5) is 19.3. The molecule has 128 valence electrons. The van der Waals surface area contributed by atoms with Gasteiger partial charge in [-0.15, -0.1) is 11.3 Å². The standard InChI is InChI=1S/C17H20N2O3S2/c20-16(10-12-7-9-24(21,22)11-12)19-8-3-5-14(19)17-18-13-4-1-2-6-15(13)23-17/h1-2,4,6,12,14H,3,5,7-11H2. The van der Waals surface area contributed by atoms with Gasteiger partial charge in [-0.1, -0.05) is 12.1 Å². The van der Waals surface area contributed by atoms with Crippen LogP contribution in [0.4, 0.5) is 0 Å². The van der Waals surface area contributed by atoms with Crippen molar-refractivity contribution in [1.29, 1.82) is 0 Å². The molecule has 2 aliphatic rings. The summed E-state index contributed by atoms with van der Waals surface area (Å²) in [5.74, 6) is 0.461. The number of sulfone groups is 1. The highest BCUT2D eigenvalue weighted by molar-refractivity contribution is 7.91. The molecule has 2 unspecified atom stereocenters. The third-order valence-electron chi connectivity index (χ3n) is 4.96. The Kier molecular flexibility index (Phi) is 4.08. The number of hydrogen-bond acceptors (Lipinski definition) is 5. The van der Waals surface area contributed by atoms with Gasteiger partial charge in [0.15, 0.2) is 9.84 Å². The maximum Gasteiger partial charge on any atom is 0.223 e. The van der Waals surface area contributed by atoms with E-state index < -0.39 is 9.84 Å². The third kappa shape index (κ3) is 3.07. The lowest BCUT2D eigenvalue weighted by Crippen LogP contribution is -2.32. The van der Waals surface area contributed by atoms with Crippen LogP contribution in [0.25, 0.3) is 10.2 Å². The Morgan fingerprint density at radius 3 is 2.88 bits per heavy atom. The lowest BCUT2D eigenvalue weighted by Gasteiger charge is -2.24. The van der Waals surface area contributed by atoms with Crippen LogP contribution in [-0.2, 0) is 14.6 Å². The van der Waals surface area contributed by atoms with E-state index in [1.54, 1.807) is 11.3 Å². The van der Waals surface area contributed by atoms with E-state index in [2.05, 4.69) is 6.07 Å².